The van der Waals surface area contributed by atoms with Crippen LogP contribution in [0.2, 0.25) is 0 Å². The van der Waals surface area contributed by atoms with Crippen LogP contribution in [-0.2, 0) is 9.84 Å². The Kier molecular flexibility index (Phi) is 3.58. The zero-order valence-corrected chi connectivity index (χ0v) is 13.9. The van der Waals surface area contributed by atoms with Crippen LogP contribution in [0.4, 0.5) is 5.69 Å². The first-order valence-corrected chi connectivity index (χ1v) is 8.98. The van der Waals surface area contributed by atoms with Gasteiger partial charge in [-0.05, 0) is 36.4 Å². The zero-order chi connectivity index (χ0) is 18.3. The van der Waals surface area contributed by atoms with E-state index >= 15 is 0 Å². The van der Waals surface area contributed by atoms with Crippen molar-refractivity contribution in [2.45, 2.75) is 9.99 Å². The number of nitro groups is 1. The number of non-ortho nitro benzene ring substituents is 1. The van der Waals surface area contributed by atoms with Crippen molar-refractivity contribution in [1.82, 2.24) is 9.97 Å². The number of nitrogens with one attached hydrogen (secondary N) is 1. The van der Waals surface area contributed by atoms with Gasteiger partial charge < -0.3 is 9.40 Å². The Morgan fingerprint density at radius 2 is 1.73 bits per heavy atom. The first kappa shape index (κ1) is 16.0. The van der Waals surface area contributed by atoms with Gasteiger partial charge in [0, 0.05) is 12.1 Å². The molecule has 0 saturated heterocycles. The highest BCUT2D eigenvalue weighted by atomic mass is 32.2. The minimum atomic E-state index is -3.93. The number of hydrogen-bond donors (Lipinski definition) is 1. The van der Waals surface area contributed by atoms with Crippen LogP contribution >= 0.6 is 0 Å². The molecule has 0 aliphatic rings. The first-order chi connectivity index (χ1) is 12.4. The molecule has 0 aliphatic heterocycles. The van der Waals surface area contributed by atoms with Crippen molar-refractivity contribution >= 4 is 26.6 Å². The Bertz CT molecular complexity index is 1190. The van der Waals surface area contributed by atoms with Crippen molar-refractivity contribution in [2.24, 2.45) is 0 Å². The minimum absolute atomic E-state index is 0.0893. The molecule has 0 fully saturated rings. The molecule has 0 radical (unpaired) electrons. The highest BCUT2D eigenvalue weighted by Gasteiger charge is 2.23. The summed E-state index contributed by atoms with van der Waals surface area (Å²) in [6.45, 7) is 0. The summed E-state index contributed by atoms with van der Waals surface area (Å²) >= 11 is 0. The maximum Gasteiger partial charge on any atom is 0.269 e. The van der Waals surface area contributed by atoms with Gasteiger partial charge in [-0.3, -0.25) is 10.1 Å². The van der Waals surface area contributed by atoms with Crippen LogP contribution < -0.4 is 0 Å². The van der Waals surface area contributed by atoms with E-state index in [2.05, 4.69) is 9.97 Å². The van der Waals surface area contributed by atoms with Crippen LogP contribution in [0, 0.1) is 10.1 Å². The van der Waals surface area contributed by atoms with Gasteiger partial charge in [-0.15, -0.1) is 0 Å². The maximum absolute atomic E-state index is 12.6. The van der Waals surface area contributed by atoms with Gasteiger partial charge in [-0.2, -0.15) is 0 Å². The Balaban J connectivity index is 1.71. The van der Waals surface area contributed by atoms with Crippen LogP contribution in [0.3, 0.4) is 0 Å². The van der Waals surface area contributed by atoms with E-state index in [1.165, 1.54) is 24.3 Å². The van der Waals surface area contributed by atoms with Gasteiger partial charge in [-0.1, -0.05) is 12.1 Å². The lowest BCUT2D eigenvalue weighted by molar-refractivity contribution is -0.384. The third kappa shape index (κ3) is 2.64. The molecule has 0 atom stereocenters. The van der Waals surface area contributed by atoms with Crippen LogP contribution in [0.25, 0.3) is 22.6 Å². The Labute approximate surface area is 147 Å². The van der Waals surface area contributed by atoms with Crippen molar-refractivity contribution in [3.8, 4) is 11.6 Å². The fourth-order valence-corrected chi connectivity index (χ4v) is 3.70. The van der Waals surface area contributed by atoms with Crippen molar-refractivity contribution < 1.29 is 17.8 Å². The summed E-state index contributed by atoms with van der Waals surface area (Å²) in [5.41, 5.74) is 1.35. The van der Waals surface area contributed by atoms with Gasteiger partial charge in [0.25, 0.3) is 5.69 Å². The Morgan fingerprint density at radius 1 is 1.00 bits per heavy atom. The standard InChI is InChI=1S/C17H11N3O5S/c21-20(22)11-5-7-12(8-6-11)26(23,24)16-10-9-15(25-16)17-18-13-3-1-2-4-14(13)19-17/h1-10H,(H,18,19). The van der Waals surface area contributed by atoms with E-state index in [1.54, 1.807) is 0 Å². The SMILES string of the molecule is O=[N+]([O-])c1ccc(S(=O)(=O)c2ccc(-c3nc4ccccc4[nH]3)o2)cc1. The first-order valence-electron chi connectivity index (χ1n) is 7.50. The van der Waals surface area contributed by atoms with Gasteiger partial charge in [0.2, 0.25) is 14.9 Å². The number of para-hydroxylation sites is 2. The molecule has 0 bridgehead atoms. The largest absolute Gasteiger partial charge is 0.441 e. The van der Waals surface area contributed by atoms with Crippen LogP contribution in [0.15, 0.2) is 75.1 Å². The molecule has 0 aliphatic carbocycles. The molecule has 2 heterocycles. The summed E-state index contributed by atoms with van der Waals surface area (Å²) in [6.07, 6.45) is 0. The van der Waals surface area contributed by atoms with E-state index in [0.29, 0.717) is 5.82 Å². The van der Waals surface area contributed by atoms with Crippen molar-refractivity contribution in [3.63, 3.8) is 0 Å². The molecule has 130 valence electrons. The highest BCUT2D eigenvalue weighted by Crippen LogP contribution is 2.28. The minimum Gasteiger partial charge on any atom is -0.441 e. The smallest absolute Gasteiger partial charge is 0.269 e. The van der Waals surface area contributed by atoms with E-state index in [0.717, 1.165) is 23.2 Å². The molecule has 0 amide bonds. The summed E-state index contributed by atoms with van der Waals surface area (Å²) in [7, 11) is -3.93. The lowest BCUT2D eigenvalue weighted by Crippen LogP contribution is -2.00. The monoisotopic (exact) mass is 369 g/mol. The second-order valence-corrected chi connectivity index (χ2v) is 7.36. The van der Waals surface area contributed by atoms with E-state index in [1.807, 2.05) is 24.3 Å². The quantitative estimate of drug-likeness (QED) is 0.434. The summed E-state index contributed by atoms with van der Waals surface area (Å²) in [5.74, 6) is 0.693. The number of H-pyrrole nitrogens is 1. The van der Waals surface area contributed by atoms with Crippen molar-refractivity contribution in [2.75, 3.05) is 0 Å². The third-order valence-electron chi connectivity index (χ3n) is 3.83. The number of nitro benzene ring substituents is 1. The number of nitrogens with zero attached hydrogens (tertiary/aromatic N) is 2. The number of imidazole rings is 1. The van der Waals surface area contributed by atoms with Crippen molar-refractivity contribution in [1.29, 1.82) is 0 Å². The molecule has 2 aromatic carbocycles. The second kappa shape index (κ2) is 5.81. The Morgan fingerprint density at radius 3 is 2.42 bits per heavy atom. The molecule has 0 spiro atoms. The van der Waals surface area contributed by atoms with E-state index in [4.69, 9.17) is 4.42 Å². The molecule has 2 aromatic heterocycles. The van der Waals surface area contributed by atoms with E-state index in [-0.39, 0.29) is 21.4 Å². The predicted octanol–water partition coefficient (Wildman–Crippen LogP) is 3.56. The topological polar surface area (TPSA) is 119 Å². The molecule has 4 aromatic rings. The van der Waals surface area contributed by atoms with Crippen LogP contribution in [0.5, 0.6) is 0 Å². The summed E-state index contributed by atoms with van der Waals surface area (Å²) in [5, 5.41) is 10.4. The molecule has 1 N–H and O–H groups in total. The summed E-state index contributed by atoms with van der Waals surface area (Å²) in [6, 6.07) is 14.8. The summed E-state index contributed by atoms with van der Waals surface area (Å²) < 4.78 is 30.8. The lowest BCUT2D eigenvalue weighted by atomic mass is 10.3. The second-order valence-electron chi connectivity index (χ2n) is 5.48. The predicted molar refractivity (Wildman–Crippen MR) is 92.3 cm³/mol. The van der Waals surface area contributed by atoms with Gasteiger partial charge in [0.05, 0.1) is 20.9 Å². The van der Waals surface area contributed by atoms with Crippen LogP contribution in [-0.4, -0.2) is 23.3 Å². The van der Waals surface area contributed by atoms with Gasteiger partial charge >= 0.3 is 0 Å². The van der Waals surface area contributed by atoms with Gasteiger partial charge in [-0.25, -0.2) is 13.4 Å². The van der Waals surface area contributed by atoms with Gasteiger partial charge in [0.15, 0.2) is 11.6 Å². The van der Waals surface area contributed by atoms with E-state index in [9.17, 15) is 18.5 Å². The zero-order valence-electron chi connectivity index (χ0n) is 13.1. The molecular weight excluding hydrogens is 358 g/mol. The fourth-order valence-electron chi connectivity index (χ4n) is 2.52. The average molecular weight is 369 g/mol. The maximum atomic E-state index is 12.6. The van der Waals surface area contributed by atoms with Gasteiger partial charge in [0.1, 0.15) is 0 Å². The number of rotatable bonds is 4. The molecular formula is C17H11N3O5S. The molecule has 9 heteroatoms. The number of furan rings is 1. The summed E-state index contributed by atoms with van der Waals surface area (Å²) in [4.78, 5) is 17.4. The number of sulfone groups is 1. The molecule has 26 heavy (non-hydrogen) atoms. The lowest BCUT2D eigenvalue weighted by Gasteiger charge is -2.00. The van der Waals surface area contributed by atoms with Crippen molar-refractivity contribution in [3.05, 3.63) is 70.8 Å². The molecule has 8 nitrogen and oxygen atoms in total. The normalized spacial score (nSPS) is 11.7. The number of aromatic nitrogens is 2. The molecule has 0 saturated carbocycles. The average Bonchev–Trinajstić information content (AvgIpc) is 3.28. The van der Waals surface area contributed by atoms with E-state index < -0.39 is 14.8 Å². The number of fused-ring (bicyclic) bond motifs is 1. The molecule has 4 rings (SSSR count). The molecule has 0 unspecified atom stereocenters. The number of benzene rings is 2. The third-order valence-corrected chi connectivity index (χ3v) is 5.47. The number of hydrogen-bond acceptors (Lipinski definition) is 6. The fraction of sp³-hybridized carbons (Fsp3) is 0. The Hall–Kier alpha value is -3.46. The number of aromatic amines is 1. The highest BCUT2D eigenvalue weighted by molar-refractivity contribution is 7.91. The van der Waals surface area contributed by atoms with Crippen LogP contribution in [0.1, 0.15) is 0 Å².